The van der Waals surface area contributed by atoms with E-state index in [1.54, 1.807) is 6.07 Å². The maximum atomic E-state index is 13.3. The van der Waals surface area contributed by atoms with Crippen LogP contribution in [0.4, 0.5) is 4.39 Å². The van der Waals surface area contributed by atoms with Crippen molar-refractivity contribution in [3.63, 3.8) is 0 Å². The van der Waals surface area contributed by atoms with Crippen LogP contribution >= 0.6 is 23.2 Å². The summed E-state index contributed by atoms with van der Waals surface area (Å²) in [6.07, 6.45) is 4.10. The number of fused-ring (bicyclic) bond motifs is 1. The van der Waals surface area contributed by atoms with E-state index >= 15 is 0 Å². The number of aryl methyl sites for hydroxylation is 1. The van der Waals surface area contributed by atoms with Gasteiger partial charge >= 0.3 is 0 Å². The molecule has 0 spiro atoms. The van der Waals surface area contributed by atoms with Gasteiger partial charge in [0.05, 0.1) is 5.02 Å². The summed E-state index contributed by atoms with van der Waals surface area (Å²) in [5, 5.41) is 0.182. The molecule has 0 fully saturated rings. The van der Waals surface area contributed by atoms with Gasteiger partial charge in [-0.05, 0) is 54.5 Å². The highest BCUT2D eigenvalue weighted by Gasteiger charge is 2.35. The number of hydrogen-bond acceptors (Lipinski definition) is 0. The Bertz CT molecular complexity index is 653. The Hall–Kier alpha value is -1.05. The number of hydrogen-bond donors (Lipinski definition) is 0. The summed E-state index contributed by atoms with van der Waals surface area (Å²) in [7, 11) is 0. The van der Waals surface area contributed by atoms with E-state index < -0.39 is 0 Å². The second kappa shape index (κ2) is 5.98. The van der Waals surface area contributed by atoms with Crippen molar-refractivity contribution in [3.05, 3.63) is 70.0 Å². The molecule has 0 radical (unpaired) electrons. The third-order valence-electron chi connectivity index (χ3n) is 4.47. The summed E-state index contributed by atoms with van der Waals surface area (Å²) < 4.78 is 13.3. The predicted molar refractivity (Wildman–Crippen MR) is 86.9 cm³/mol. The van der Waals surface area contributed by atoms with Gasteiger partial charge in [0.1, 0.15) is 5.82 Å². The first kappa shape index (κ1) is 14.9. The van der Waals surface area contributed by atoms with Crippen molar-refractivity contribution in [2.24, 2.45) is 0 Å². The summed E-state index contributed by atoms with van der Waals surface area (Å²) in [6, 6.07) is 13.5. The van der Waals surface area contributed by atoms with Gasteiger partial charge in [0.15, 0.2) is 0 Å². The summed E-state index contributed by atoms with van der Waals surface area (Å²) in [4.78, 5) is 0. The molecule has 21 heavy (non-hydrogen) atoms. The van der Waals surface area contributed by atoms with Crippen molar-refractivity contribution in [2.75, 3.05) is 5.88 Å². The number of rotatable bonds is 3. The lowest BCUT2D eigenvalue weighted by molar-refractivity contribution is 0.396. The van der Waals surface area contributed by atoms with Gasteiger partial charge in [-0.1, -0.05) is 41.9 Å². The minimum absolute atomic E-state index is 0.0719. The van der Waals surface area contributed by atoms with Crippen LogP contribution in [0, 0.1) is 5.82 Å². The molecule has 0 saturated carbocycles. The van der Waals surface area contributed by atoms with Crippen LogP contribution in [0.2, 0.25) is 5.02 Å². The molecular formula is C18H17Cl2F. The highest BCUT2D eigenvalue weighted by Crippen LogP contribution is 2.41. The van der Waals surface area contributed by atoms with E-state index in [2.05, 4.69) is 24.3 Å². The molecule has 2 aromatic rings. The predicted octanol–water partition coefficient (Wildman–Crippen LogP) is 5.53. The molecule has 1 aliphatic rings. The molecule has 2 aromatic carbocycles. The minimum Gasteiger partial charge on any atom is -0.205 e. The van der Waals surface area contributed by atoms with Crippen LogP contribution in [-0.2, 0) is 18.3 Å². The SMILES string of the molecule is Fc1ccc(CC2(CCl)CCCc3ccccc32)cc1Cl. The van der Waals surface area contributed by atoms with Crippen molar-refractivity contribution in [2.45, 2.75) is 31.1 Å². The van der Waals surface area contributed by atoms with Crippen LogP contribution in [-0.4, -0.2) is 5.88 Å². The number of benzene rings is 2. The largest absolute Gasteiger partial charge is 0.205 e. The molecule has 1 atom stereocenters. The molecule has 110 valence electrons. The molecule has 0 N–H and O–H groups in total. The van der Waals surface area contributed by atoms with Gasteiger partial charge in [-0.15, -0.1) is 11.6 Å². The molecule has 0 nitrogen and oxygen atoms in total. The van der Waals surface area contributed by atoms with E-state index in [0.717, 1.165) is 31.2 Å². The van der Waals surface area contributed by atoms with Crippen molar-refractivity contribution >= 4 is 23.2 Å². The van der Waals surface area contributed by atoms with Gasteiger partial charge < -0.3 is 0 Å². The van der Waals surface area contributed by atoms with Gasteiger partial charge in [0.25, 0.3) is 0 Å². The van der Waals surface area contributed by atoms with E-state index in [0.29, 0.717) is 5.88 Å². The smallest absolute Gasteiger partial charge is 0.141 e. The molecule has 1 aliphatic carbocycles. The molecule has 1 unspecified atom stereocenters. The topological polar surface area (TPSA) is 0 Å². The van der Waals surface area contributed by atoms with Gasteiger partial charge in [0, 0.05) is 11.3 Å². The average molecular weight is 323 g/mol. The Morgan fingerprint density at radius 3 is 2.71 bits per heavy atom. The summed E-state index contributed by atoms with van der Waals surface area (Å²) in [5.41, 5.74) is 3.69. The summed E-state index contributed by atoms with van der Waals surface area (Å²) >= 11 is 12.3. The van der Waals surface area contributed by atoms with Crippen molar-refractivity contribution in [1.82, 2.24) is 0 Å². The molecular weight excluding hydrogens is 306 g/mol. The summed E-state index contributed by atoms with van der Waals surface area (Å²) in [6.45, 7) is 0. The fourth-order valence-corrected chi connectivity index (χ4v) is 3.99. The first-order valence-corrected chi connectivity index (χ1v) is 8.14. The maximum absolute atomic E-state index is 13.3. The van der Waals surface area contributed by atoms with E-state index in [-0.39, 0.29) is 16.3 Å². The van der Waals surface area contributed by atoms with E-state index in [1.807, 2.05) is 6.07 Å². The van der Waals surface area contributed by atoms with Gasteiger partial charge in [0.2, 0.25) is 0 Å². The van der Waals surface area contributed by atoms with Gasteiger partial charge in [-0.3, -0.25) is 0 Å². The fraction of sp³-hybridized carbons (Fsp3) is 0.333. The second-order valence-corrected chi connectivity index (χ2v) is 6.52. The van der Waals surface area contributed by atoms with Gasteiger partial charge in [-0.2, -0.15) is 0 Å². The second-order valence-electron chi connectivity index (χ2n) is 5.85. The highest BCUT2D eigenvalue weighted by atomic mass is 35.5. The molecule has 0 aromatic heterocycles. The van der Waals surface area contributed by atoms with Crippen LogP contribution in [0.15, 0.2) is 42.5 Å². The Morgan fingerprint density at radius 2 is 1.95 bits per heavy atom. The molecule has 3 rings (SSSR count). The lowest BCUT2D eigenvalue weighted by Gasteiger charge is -2.38. The minimum atomic E-state index is -0.371. The summed E-state index contributed by atoms with van der Waals surface area (Å²) in [5.74, 6) is 0.198. The third kappa shape index (κ3) is 2.82. The monoisotopic (exact) mass is 322 g/mol. The lowest BCUT2D eigenvalue weighted by atomic mass is 9.68. The molecule has 0 aliphatic heterocycles. The van der Waals surface area contributed by atoms with Crippen LogP contribution in [0.1, 0.15) is 29.5 Å². The first-order chi connectivity index (χ1) is 10.1. The van der Waals surface area contributed by atoms with E-state index in [4.69, 9.17) is 23.2 Å². The van der Waals surface area contributed by atoms with Crippen molar-refractivity contribution in [1.29, 1.82) is 0 Å². The molecule has 3 heteroatoms. The number of halogens is 3. The Labute approximate surface area is 134 Å². The van der Waals surface area contributed by atoms with E-state index in [1.165, 1.54) is 17.2 Å². The molecule has 0 heterocycles. The van der Waals surface area contributed by atoms with Crippen molar-refractivity contribution in [3.8, 4) is 0 Å². The van der Waals surface area contributed by atoms with Crippen LogP contribution in [0.5, 0.6) is 0 Å². The zero-order chi connectivity index (χ0) is 14.9. The Morgan fingerprint density at radius 1 is 1.14 bits per heavy atom. The fourth-order valence-electron chi connectivity index (χ4n) is 3.42. The average Bonchev–Trinajstić information content (AvgIpc) is 2.51. The first-order valence-electron chi connectivity index (χ1n) is 7.23. The standard InChI is InChI=1S/C18H17Cl2F/c19-12-18(11-13-7-8-17(21)16(20)10-13)9-3-5-14-4-1-2-6-15(14)18/h1-2,4,6-8,10H,3,5,9,11-12H2. The maximum Gasteiger partial charge on any atom is 0.141 e. The third-order valence-corrected chi connectivity index (χ3v) is 5.27. The highest BCUT2D eigenvalue weighted by molar-refractivity contribution is 6.30. The van der Waals surface area contributed by atoms with E-state index in [9.17, 15) is 4.39 Å². The Kier molecular flexibility index (Phi) is 4.24. The quantitative estimate of drug-likeness (QED) is 0.651. The molecule has 0 bridgehead atoms. The van der Waals surface area contributed by atoms with Crippen LogP contribution < -0.4 is 0 Å². The van der Waals surface area contributed by atoms with Crippen molar-refractivity contribution < 1.29 is 4.39 Å². The zero-order valence-electron chi connectivity index (χ0n) is 11.7. The number of alkyl halides is 1. The lowest BCUT2D eigenvalue weighted by Crippen LogP contribution is -2.35. The molecule has 0 amide bonds. The zero-order valence-corrected chi connectivity index (χ0v) is 13.2. The van der Waals surface area contributed by atoms with Gasteiger partial charge in [-0.25, -0.2) is 4.39 Å². The van der Waals surface area contributed by atoms with Crippen LogP contribution in [0.3, 0.4) is 0 Å². The molecule has 0 saturated heterocycles. The normalized spacial score (nSPS) is 21.1. The van der Waals surface area contributed by atoms with Crippen LogP contribution in [0.25, 0.3) is 0 Å². The Balaban J connectivity index is 2.00.